The Kier molecular flexibility index (Phi) is 10.0. The maximum absolute atomic E-state index is 12.1. The van der Waals surface area contributed by atoms with Gasteiger partial charge in [-0.2, -0.15) is 5.10 Å². The van der Waals surface area contributed by atoms with Crippen LogP contribution >= 0.6 is 23.4 Å². The number of hydrogen-bond donors (Lipinski definition) is 2. The van der Waals surface area contributed by atoms with Crippen LogP contribution < -0.4 is 15.5 Å². The second-order valence-corrected chi connectivity index (χ2v) is 8.89. The van der Waals surface area contributed by atoms with Crippen LogP contribution in [0.1, 0.15) is 29.7 Å². The van der Waals surface area contributed by atoms with Crippen molar-refractivity contribution in [2.45, 2.75) is 18.7 Å². The fourth-order valence-corrected chi connectivity index (χ4v) is 3.87. The molecule has 2 N–H and O–H groups in total. The molecule has 3 aromatic carbocycles. The van der Waals surface area contributed by atoms with Gasteiger partial charge in [-0.05, 0) is 60.0 Å². The minimum atomic E-state index is -0.196. The van der Waals surface area contributed by atoms with Crippen molar-refractivity contribution in [3.8, 4) is 5.75 Å². The number of halogens is 1. The molecule has 0 radical (unpaired) electrons. The van der Waals surface area contributed by atoms with Gasteiger partial charge in [0.1, 0.15) is 5.75 Å². The van der Waals surface area contributed by atoms with E-state index in [9.17, 15) is 9.59 Å². The van der Waals surface area contributed by atoms with Crippen LogP contribution in [0.5, 0.6) is 5.75 Å². The highest BCUT2D eigenvalue weighted by molar-refractivity contribution is 7.99. The first-order valence-corrected chi connectivity index (χ1v) is 12.2. The van der Waals surface area contributed by atoms with E-state index in [1.54, 1.807) is 30.5 Å². The van der Waals surface area contributed by atoms with Crippen LogP contribution in [0.2, 0.25) is 5.02 Å². The first-order chi connectivity index (χ1) is 16.5. The van der Waals surface area contributed by atoms with Gasteiger partial charge < -0.3 is 10.1 Å². The summed E-state index contributed by atoms with van der Waals surface area (Å²) >= 11 is 7.37. The molecule has 1 atom stereocenters. The zero-order valence-corrected chi connectivity index (χ0v) is 20.3. The number of carbonyl (C=O) groups excluding carboxylic acids is 2. The summed E-state index contributed by atoms with van der Waals surface area (Å²) in [7, 11) is 0. The molecule has 0 fully saturated rings. The van der Waals surface area contributed by atoms with Crippen LogP contribution in [0.25, 0.3) is 0 Å². The summed E-state index contributed by atoms with van der Waals surface area (Å²) in [5, 5.41) is 7.59. The predicted molar refractivity (Wildman–Crippen MR) is 138 cm³/mol. The zero-order valence-electron chi connectivity index (χ0n) is 18.7. The monoisotopic (exact) mass is 495 g/mol. The van der Waals surface area contributed by atoms with E-state index >= 15 is 0 Å². The second kappa shape index (κ2) is 13.4. The Hall–Kier alpha value is -3.29. The van der Waals surface area contributed by atoms with E-state index in [1.807, 2.05) is 61.5 Å². The van der Waals surface area contributed by atoms with E-state index in [0.29, 0.717) is 16.5 Å². The molecule has 0 aliphatic rings. The molecule has 0 saturated carbocycles. The minimum Gasteiger partial charge on any atom is -0.484 e. The van der Waals surface area contributed by atoms with Gasteiger partial charge in [-0.15, -0.1) is 11.8 Å². The van der Waals surface area contributed by atoms with E-state index in [-0.39, 0.29) is 24.5 Å². The molecule has 34 heavy (non-hydrogen) atoms. The Bertz CT molecular complexity index is 1090. The number of nitrogens with one attached hydrogen (secondary N) is 2. The SMILES string of the molecule is C[C@@H](NC(=O)COc1ccc(/C=N\NC(=O)CSCc2ccc(Cl)cc2)cc1)c1ccccc1. The number of thioether (sulfide) groups is 1. The molecular formula is C26H26ClN3O3S. The number of hydrogen-bond acceptors (Lipinski definition) is 5. The third kappa shape index (κ3) is 8.92. The summed E-state index contributed by atoms with van der Waals surface area (Å²) in [5.74, 6) is 1.23. The van der Waals surface area contributed by atoms with Gasteiger partial charge in [0.05, 0.1) is 18.0 Å². The van der Waals surface area contributed by atoms with Crippen LogP contribution in [-0.4, -0.2) is 30.4 Å². The van der Waals surface area contributed by atoms with Crippen LogP contribution in [-0.2, 0) is 15.3 Å². The van der Waals surface area contributed by atoms with E-state index in [4.69, 9.17) is 16.3 Å². The molecule has 2 amide bonds. The molecule has 3 rings (SSSR count). The molecule has 176 valence electrons. The van der Waals surface area contributed by atoms with Gasteiger partial charge in [0, 0.05) is 10.8 Å². The molecule has 0 spiro atoms. The third-order valence-corrected chi connectivity index (χ3v) is 6.00. The molecule has 0 aliphatic heterocycles. The summed E-state index contributed by atoms with van der Waals surface area (Å²) < 4.78 is 5.55. The van der Waals surface area contributed by atoms with E-state index in [1.165, 1.54) is 11.8 Å². The molecular weight excluding hydrogens is 470 g/mol. The molecule has 8 heteroatoms. The lowest BCUT2D eigenvalue weighted by Gasteiger charge is -2.14. The van der Waals surface area contributed by atoms with Crippen molar-refractivity contribution in [1.29, 1.82) is 0 Å². The molecule has 6 nitrogen and oxygen atoms in total. The van der Waals surface area contributed by atoms with Crippen molar-refractivity contribution in [2.24, 2.45) is 5.10 Å². The normalized spacial score (nSPS) is 11.7. The van der Waals surface area contributed by atoms with E-state index in [0.717, 1.165) is 22.4 Å². The smallest absolute Gasteiger partial charge is 0.258 e. The summed E-state index contributed by atoms with van der Waals surface area (Å²) in [5.41, 5.74) is 5.45. The zero-order chi connectivity index (χ0) is 24.2. The maximum Gasteiger partial charge on any atom is 0.258 e. The average Bonchev–Trinajstić information content (AvgIpc) is 2.85. The average molecular weight is 496 g/mol. The lowest BCUT2D eigenvalue weighted by atomic mass is 10.1. The molecule has 3 aromatic rings. The number of rotatable bonds is 11. The lowest BCUT2D eigenvalue weighted by molar-refractivity contribution is -0.123. The Morgan fingerprint density at radius 3 is 2.41 bits per heavy atom. The lowest BCUT2D eigenvalue weighted by Crippen LogP contribution is -2.31. The van der Waals surface area contributed by atoms with Crippen molar-refractivity contribution in [1.82, 2.24) is 10.7 Å². The number of carbonyl (C=O) groups is 2. The molecule has 0 saturated heterocycles. The van der Waals surface area contributed by atoms with Gasteiger partial charge >= 0.3 is 0 Å². The van der Waals surface area contributed by atoms with E-state index in [2.05, 4.69) is 15.8 Å². The van der Waals surface area contributed by atoms with E-state index < -0.39 is 0 Å². The minimum absolute atomic E-state index is 0.0750. The van der Waals surface area contributed by atoms with Crippen molar-refractivity contribution in [2.75, 3.05) is 12.4 Å². The Morgan fingerprint density at radius 1 is 1.00 bits per heavy atom. The molecule has 0 unspecified atom stereocenters. The quantitative estimate of drug-likeness (QED) is 0.290. The maximum atomic E-state index is 12.1. The summed E-state index contributed by atoms with van der Waals surface area (Å²) in [6.45, 7) is 1.85. The Morgan fingerprint density at radius 2 is 1.71 bits per heavy atom. The fraction of sp³-hybridized carbons (Fsp3) is 0.192. The van der Waals surface area contributed by atoms with Crippen molar-refractivity contribution < 1.29 is 14.3 Å². The number of hydrazone groups is 1. The van der Waals surface area contributed by atoms with Gasteiger partial charge in [-0.1, -0.05) is 54.1 Å². The van der Waals surface area contributed by atoms with Gasteiger partial charge in [-0.25, -0.2) is 5.43 Å². The highest BCUT2D eigenvalue weighted by Gasteiger charge is 2.09. The molecule has 0 aliphatic carbocycles. The Balaban J connectivity index is 1.34. The van der Waals surface area contributed by atoms with Crippen LogP contribution in [0.3, 0.4) is 0 Å². The van der Waals surface area contributed by atoms with Crippen molar-refractivity contribution in [3.63, 3.8) is 0 Å². The Labute approximate surface area is 208 Å². The third-order valence-electron chi connectivity index (χ3n) is 4.75. The summed E-state index contributed by atoms with van der Waals surface area (Å²) in [4.78, 5) is 24.1. The first-order valence-electron chi connectivity index (χ1n) is 10.7. The molecule has 0 aromatic heterocycles. The van der Waals surface area contributed by atoms with Crippen molar-refractivity contribution >= 4 is 41.4 Å². The van der Waals surface area contributed by atoms with Gasteiger partial charge in [0.15, 0.2) is 6.61 Å². The van der Waals surface area contributed by atoms with Crippen LogP contribution in [0.15, 0.2) is 84.0 Å². The first kappa shape index (κ1) is 25.3. The topological polar surface area (TPSA) is 79.8 Å². The summed E-state index contributed by atoms with van der Waals surface area (Å²) in [6.07, 6.45) is 1.56. The number of amides is 2. The van der Waals surface area contributed by atoms with Crippen molar-refractivity contribution in [3.05, 3.63) is 101 Å². The molecule has 0 bridgehead atoms. The number of benzene rings is 3. The second-order valence-electron chi connectivity index (χ2n) is 7.47. The largest absolute Gasteiger partial charge is 0.484 e. The van der Waals surface area contributed by atoms with Crippen LogP contribution in [0, 0.1) is 0 Å². The number of ether oxygens (including phenoxy) is 1. The van der Waals surface area contributed by atoms with Gasteiger partial charge in [0.2, 0.25) is 5.91 Å². The predicted octanol–water partition coefficient (Wildman–Crippen LogP) is 4.98. The highest BCUT2D eigenvalue weighted by Crippen LogP contribution is 2.15. The van der Waals surface area contributed by atoms with Gasteiger partial charge in [0.25, 0.3) is 5.91 Å². The standard InChI is InChI=1S/C26H26ClN3O3S/c1-19(22-5-3-2-4-6-22)29-25(31)16-33-24-13-9-20(10-14-24)15-28-30-26(32)18-34-17-21-7-11-23(27)12-8-21/h2-15,19H,16-18H2,1H3,(H,29,31)(H,30,32)/b28-15-/t19-/m1/s1. The molecule has 0 heterocycles. The van der Waals surface area contributed by atoms with Gasteiger partial charge in [-0.3, -0.25) is 9.59 Å². The highest BCUT2D eigenvalue weighted by atomic mass is 35.5. The number of nitrogens with zero attached hydrogens (tertiary/aromatic N) is 1. The summed E-state index contributed by atoms with van der Waals surface area (Å²) in [6, 6.07) is 24.3. The van der Waals surface area contributed by atoms with Crippen LogP contribution in [0.4, 0.5) is 0 Å². The fourth-order valence-electron chi connectivity index (χ4n) is 2.96.